The smallest absolute Gasteiger partial charge is 0.274 e. The molecule has 3 aromatic heterocycles. The Bertz CT molecular complexity index is 1150. The number of amides is 1. The molecular formula is C18H13N7O. The van der Waals surface area contributed by atoms with Crippen molar-refractivity contribution in [1.82, 2.24) is 25.0 Å². The van der Waals surface area contributed by atoms with Crippen LogP contribution in [-0.2, 0) is 0 Å². The van der Waals surface area contributed by atoms with Gasteiger partial charge >= 0.3 is 0 Å². The lowest BCUT2D eigenvalue weighted by Gasteiger charge is -2.07. The number of pyridine rings is 1. The fraction of sp³-hybridized carbons (Fsp3) is 0.0556. The van der Waals surface area contributed by atoms with Crippen molar-refractivity contribution in [3.05, 3.63) is 65.7 Å². The Labute approximate surface area is 148 Å². The molecule has 8 nitrogen and oxygen atoms in total. The maximum absolute atomic E-state index is 12.5. The highest BCUT2D eigenvalue weighted by Gasteiger charge is 2.14. The molecule has 0 aliphatic heterocycles. The lowest BCUT2D eigenvalue weighted by Crippen LogP contribution is -2.15. The number of nitrogens with one attached hydrogen (secondary N) is 2. The van der Waals surface area contributed by atoms with E-state index in [1.54, 1.807) is 36.1 Å². The molecule has 26 heavy (non-hydrogen) atoms. The largest absolute Gasteiger partial charge is 0.321 e. The molecular weight excluding hydrogens is 330 g/mol. The SMILES string of the molecule is Cc1cc(C#N)cnc1C(=O)Nc1ccc2[nH]nc(-n3cccn3)c2c1. The molecule has 0 aliphatic rings. The number of rotatable bonds is 3. The summed E-state index contributed by atoms with van der Waals surface area (Å²) in [6.07, 6.45) is 4.85. The van der Waals surface area contributed by atoms with Gasteiger partial charge in [0.05, 0.1) is 11.1 Å². The molecule has 1 aromatic carbocycles. The summed E-state index contributed by atoms with van der Waals surface area (Å²) in [5, 5.41) is 24.0. The zero-order chi connectivity index (χ0) is 18.1. The highest BCUT2D eigenvalue weighted by atomic mass is 16.1. The van der Waals surface area contributed by atoms with Gasteiger partial charge < -0.3 is 5.32 Å². The van der Waals surface area contributed by atoms with Gasteiger partial charge in [-0.1, -0.05) is 0 Å². The highest BCUT2D eigenvalue weighted by molar-refractivity contribution is 6.05. The molecule has 4 aromatic rings. The number of fused-ring (bicyclic) bond motifs is 1. The molecule has 0 fully saturated rings. The first-order valence-corrected chi connectivity index (χ1v) is 7.82. The number of hydrogen-bond donors (Lipinski definition) is 2. The molecule has 0 saturated carbocycles. The molecule has 126 valence electrons. The van der Waals surface area contributed by atoms with Crippen LogP contribution in [0.1, 0.15) is 21.6 Å². The van der Waals surface area contributed by atoms with Gasteiger partial charge in [0.2, 0.25) is 0 Å². The van der Waals surface area contributed by atoms with Crippen LogP contribution in [0, 0.1) is 18.3 Å². The van der Waals surface area contributed by atoms with E-state index in [9.17, 15) is 4.79 Å². The first-order chi connectivity index (χ1) is 12.7. The number of hydrogen-bond acceptors (Lipinski definition) is 5. The van der Waals surface area contributed by atoms with Crippen LogP contribution in [-0.4, -0.2) is 30.9 Å². The second-order valence-corrected chi connectivity index (χ2v) is 5.71. The van der Waals surface area contributed by atoms with Crippen molar-refractivity contribution in [2.24, 2.45) is 0 Å². The fourth-order valence-electron chi connectivity index (χ4n) is 2.71. The van der Waals surface area contributed by atoms with Crippen LogP contribution in [0.2, 0.25) is 0 Å². The number of nitrogens with zero attached hydrogens (tertiary/aromatic N) is 5. The molecule has 4 rings (SSSR count). The van der Waals surface area contributed by atoms with Crippen LogP contribution >= 0.6 is 0 Å². The summed E-state index contributed by atoms with van der Waals surface area (Å²) in [5.41, 5.74) is 2.79. The van der Waals surface area contributed by atoms with E-state index in [0.29, 0.717) is 22.6 Å². The third-order valence-corrected chi connectivity index (χ3v) is 3.94. The number of aryl methyl sites for hydroxylation is 1. The summed E-state index contributed by atoms with van der Waals surface area (Å²) >= 11 is 0. The van der Waals surface area contributed by atoms with Crippen LogP contribution in [0.3, 0.4) is 0 Å². The van der Waals surface area contributed by atoms with Crippen LogP contribution in [0.25, 0.3) is 16.7 Å². The number of H-pyrrole nitrogens is 1. The summed E-state index contributed by atoms with van der Waals surface area (Å²) in [6, 6.07) is 10.9. The predicted octanol–water partition coefficient (Wildman–Crippen LogP) is 2.58. The Kier molecular flexibility index (Phi) is 3.67. The second-order valence-electron chi connectivity index (χ2n) is 5.71. The van der Waals surface area contributed by atoms with Crippen molar-refractivity contribution in [2.45, 2.75) is 6.92 Å². The molecule has 1 amide bonds. The van der Waals surface area contributed by atoms with Gasteiger partial charge in [0.15, 0.2) is 5.82 Å². The van der Waals surface area contributed by atoms with E-state index < -0.39 is 0 Å². The molecule has 2 N–H and O–H groups in total. The lowest BCUT2D eigenvalue weighted by molar-refractivity contribution is 0.102. The van der Waals surface area contributed by atoms with Crippen molar-refractivity contribution < 1.29 is 4.79 Å². The number of aromatic nitrogens is 5. The fourth-order valence-corrected chi connectivity index (χ4v) is 2.71. The minimum absolute atomic E-state index is 0.281. The second kappa shape index (κ2) is 6.14. The Morgan fingerprint density at radius 2 is 2.23 bits per heavy atom. The zero-order valence-corrected chi connectivity index (χ0v) is 13.8. The highest BCUT2D eigenvalue weighted by Crippen LogP contribution is 2.23. The summed E-state index contributed by atoms with van der Waals surface area (Å²) in [6.45, 7) is 1.75. The normalized spacial score (nSPS) is 10.6. The number of aromatic amines is 1. The minimum atomic E-state index is -0.338. The lowest BCUT2D eigenvalue weighted by atomic mass is 10.1. The van der Waals surface area contributed by atoms with Crippen molar-refractivity contribution >= 4 is 22.5 Å². The van der Waals surface area contributed by atoms with Gasteiger partial charge in [0.1, 0.15) is 11.8 Å². The van der Waals surface area contributed by atoms with Gasteiger partial charge in [-0.05, 0) is 42.8 Å². The molecule has 0 aliphatic carbocycles. The van der Waals surface area contributed by atoms with Crippen LogP contribution in [0.15, 0.2) is 48.9 Å². The number of nitriles is 1. The summed E-state index contributed by atoms with van der Waals surface area (Å²) in [7, 11) is 0. The molecule has 0 saturated heterocycles. The van der Waals surface area contributed by atoms with E-state index >= 15 is 0 Å². The summed E-state index contributed by atoms with van der Waals surface area (Å²) in [4.78, 5) is 16.6. The van der Waals surface area contributed by atoms with E-state index in [0.717, 1.165) is 10.9 Å². The first-order valence-electron chi connectivity index (χ1n) is 7.82. The Hall–Kier alpha value is -3.99. The van der Waals surface area contributed by atoms with Gasteiger partial charge in [0.25, 0.3) is 5.91 Å². The Morgan fingerprint density at radius 3 is 2.96 bits per heavy atom. The van der Waals surface area contributed by atoms with Gasteiger partial charge in [-0.25, -0.2) is 9.67 Å². The zero-order valence-electron chi connectivity index (χ0n) is 13.8. The van der Waals surface area contributed by atoms with Crippen LogP contribution in [0.4, 0.5) is 5.69 Å². The summed E-state index contributed by atoms with van der Waals surface area (Å²) < 4.78 is 1.65. The van der Waals surface area contributed by atoms with Crippen molar-refractivity contribution in [3.8, 4) is 11.9 Å². The van der Waals surface area contributed by atoms with Crippen LogP contribution in [0.5, 0.6) is 0 Å². The number of benzene rings is 1. The third kappa shape index (κ3) is 2.67. The molecule has 0 bridgehead atoms. The van der Waals surface area contributed by atoms with E-state index in [1.807, 2.05) is 24.3 Å². The molecule has 0 radical (unpaired) electrons. The average molecular weight is 343 g/mol. The Morgan fingerprint density at radius 1 is 1.35 bits per heavy atom. The van der Waals surface area contributed by atoms with Crippen molar-refractivity contribution in [3.63, 3.8) is 0 Å². The van der Waals surface area contributed by atoms with Crippen LogP contribution < -0.4 is 5.32 Å². The summed E-state index contributed by atoms with van der Waals surface area (Å²) in [5.74, 6) is 0.309. The maximum Gasteiger partial charge on any atom is 0.274 e. The first kappa shape index (κ1) is 15.5. The van der Waals surface area contributed by atoms with E-state index in [1.165, 1.54) is 6.20 Å². The topological polar surface area (TPSA) is 112 Å². The minimum Gasteiger partial charge on any atom is -0.321 e. The third-order valence-electron chi connectivity index (χ3n) is 3.94. The van der Waals surface area contributed by atoms with E-state index in [4.69, 9.17) is 5.26 Å². The van der Waals surface area contributed by atoms with Crippen molar-refractivity contribution in [1.29, 1.82) is 5.26 Å². The van der Waals surface area contributed by atoms with Gasteiger partial charge in [-0.3, -0.25) is 9.89 Å². The number of carbonyl (C=O) groups is 1. The molecule has 0 atom stereocenters. The van der Waals surface area contributed by atoms with Gasteiger partial charge in [0, 0.05) is 29.7 Å². The molecule has 8 heteroatoms. The van der Waals surface area contributed by atoms with E-state index in [-0.39, 0.29) is 11.6 Å². The monoisotopic (exact) mass is 343 g/mol. The van der Waals surface area contributed by atoms with Gasteiger partial charge in [-0.2, -0.15) is 15.5 Å². The predicted molar refractivity (Wildman–Crippen MR) is 94.9 cm³/mol. The molecule has 0 unspecified atom stereocenters. The standard InChI is InChI=1S/C18H13N7O/c1-11-7-12(9-19)10-20-16(11)18(26)22-13-3-4-15-14(8-13)17(24-23-15)25-6-2-5-21-25/h2-8,10H,1H3,(H,22,26)(H,23,24). The molecule has 3 heterocycles. The Balaban J connectivity index is 1.66. The quantitative estimate of drug-likeness (QED) is 0.594. The van der Waals surface area contributed by atoms with Gasteiger partial charge in [-0.15, -0.1) is 0 Å². The van der Waals surface area contributed by atoms with E-state index in [2.05, 4.69) is 25.6 Å². The average Bonchev–Trinajstić information content (AvgIpc) is 3.30. The number of carbonyl (C=O) groups excluding carboxylic acids is 1. The van der Waals surface area contributed by atoms with Crippen molar-refractivity contribution in [2.75, 3.05) is 5.32 Å². The number of anilines is 1. The maximum atomic E-state index is 12.5. The molecule has 0 spiro atoms.